The summed E-state index contributed by atoms with van der Waals surface area (Å²) in [6.45, 7) is 0. The first-order valence-electron chi connectivity index (χ1n) is 27.4. The van der Waals surface area contributed by atoms with Crippen LogP contribution in [0.4, 0.5) is 0 Å². The lowest BCUT2D eigenvalue weighted by atomic mass is 9.60. The van der Waals surface area contributed by atoms with Crippen molar-refractivity contribution in [2.45, 2.75) is 10.8 Å². The van der Waals surface area contributed by atoms with Crippen LogP contribution in [0.3, 0.4) is 0 Å². The molecule has 30 rings (SSSR count). The number of esters is 4. The van der Waals surface area contributed by atoms with E-state index in [9.17, 15) is 0 Å². The number of carbonyl (C=O) groups excluding carboxylic acids is 5. The van der Waals surface area contributed by atoms with Crippen molar-refractivity contribution in [3.8, 4) is 0 Å². The first kappa shape index (κ1) is 33.8. The Balaban J connectivity index is 1.20. The Bertz CT molecular complexity index is 7950. The summed E-state index contributed by atoms with van der Waals surface area (Å²) in [5.74, 6) is -5.14. The minimum Gasteiger partial charge on any atom is -0.468 e. The number of ketones is 1. The molecule has 0 aliphatic heterocycles. The first-order valence-corrected chi connectivity index (χ1v) is 27.4. The lowest BCUT2D eigenvalue weighted by Crippen LogP contribution is -2.52. The number of carbonyl (C=O) groups is 5. The van der Waals surface area contributed by atoms with Crippen LogP contribution in [0.5, 0.6) is 0 Å². The van der Waals surface area contributed by atoms with Crippen molar-refractivity contribution in [3.05, 3.63) is 43.6 Å². The third-order valence-corrected chi connectivity index (χ3v) is 25.2. The van der Waals surface area contributed by atoms with Gasteiger partial charge in [-0.3, -0.25) is 19.2 Å². The van der Waals surface area contributed by atoms with Crippen LogP contribution >= 0.6 is 0 Å². The minimum absolute atomic E-state index is 0.214. The van der Waals surface area contributed by atoms with Crippen LogP contribution in [0.1, 0.15) is 27.0 Å². The minimum atomic E-state index is -2.77. The molecule has 3 aliphatic rings. The van der Waals surface area contributed by atoms with E-state index in [4.69, 9.17) is 18.9 Å². The summed E-state index contributed by atoms with van der Waals surface area (Å²) in [4.78, 5) is 102. The third kappa shape index (κ3) is 1.94. The molecule has 0 aromatic heterocycles. The molecule has 2 atom stereocenters. The Kier molecular flexibility index (Phi) is 3.40. The highest BCUT2D eigenvalue weighted by molar-refractivity contribution is 6.81. The topological polar surface area (TPSA) is 139 Å². The van der Waals surface area contributed by atoms with E-state index >= 15 is 28.8 Å². The number of hydrogen-bond acceptors (Lipinski definition) is 10. The van der Waals surface area contributed by atoms with Gasteiger partial charge in [0.1, 0.15) is 0 Å². The Hall–Kier alpha value is -10.3. The molecule has 352 valence electrons. The molecule has 0 amide bonds. The van der Waals surface area contributed by atoms with Crippen LogP contribution in [0, 0.1) is 0 Å². The third-order valence-electron chi connectivity index (χ3n) is 25.2. The Morgan fingerprint density at radius 2 is 0.450 bits per heavy atom. The van der Waals surface area contributed by atoms with E-state index in [0.29, 0.717) is 43.3 Å². The molecule has 0 saturated heterocycles. The summed E-state index contributed by atoms with van der Waals surface area (Å²) >= 11 is 0. The van der Waals surface area contributed by atoms with E-state index < -0.39 is 51.6 Å². The summed E-state index contributed by atoms with van der Waals surface area (Å²) in [6.07, 6.45) is 0. The molecule has 0 spiro atoms. The number of fused-ring (bicyclic) bond motifs is 5. The first-order chi connectivity index (χ1) is 39.2. The van der Waals surface area contributed by atoms with Gasteiger partial charge in [0.2, 0.25) is 0 Å². The highest BCUT2D eigenvalue weighted by Crippen LogP contribution is 2.80. The van der Waals surface area contributed by atoms with Gasteiger partial charge in [0, 0.05) is 124 Å². The molecule has 0 fully saturated rings. The molecule has 0 N–H and O–H groups in total. The van der Waals surface area contributed by atoms with Gasteiger partial charge in [0.15, 0.2) is 22.0 Å². The highest BCUT2D eigenvalue weighted by Gasteiger charge is 2.70. The maximum atomic E-state index is 17.9. The molecule has 27 aromatic rings. The van der Waals surface area contributed by atoms with Crippen LogP contribution in [0.15, 0.2) is 15.9 Å². The van der Waals surface area contributed by atoms with Gasteiger partial charge in [0.05, 0.1) is 39.6 Å². The zero-order valence-electron chi connectivity index (χ0n) is 41.1. The number of benzene rings is 17. The van der Waals surface area contributed by atoms with Crippen LogP contribution < -0.4 is 5.43 Å². The second-order valence-electron chi connectivity index (χ2n) is 25.9. The highest BCUT2D eigenvalue weighted by atomic mass is 16.5. The number of hydrogen-bond donors (Lipinski definition) is 0. The van der Waals surface area contributed by atoms with E-state index in [1.807, 2.05) is 0 Å². The van der Waals surface area contributed by atoms with Gasteiger partial charge in [-0.2, -0.15) is 0 Å². The van der Waals surface area contributed by atoms with Crippen LogP contribution in [0.25, 0.3) is 280 Å². The van der Waals surface area contributed by atoms with Gasteiger partial charge >= 0.3 is 23.9 Å². The second kappa shape index (κ2) is 8.05. The SMILES string of the molecule is COC(=O)/C1=C(\C(=O)OC)C2(C(=O)OC)c3c4c(=O)c5c6c7c8c9c(c%10c%11c2c2c3c3c%12c4c5c4c5c6c6c7c7c9c9c%10c%10c%11c%11c2c2c3c3c%12c4c4c5c5c6c6c7c9c7c%10c9c%11c2c2c3c4c3c2c9c7c6c53)C1(C(=O)OC)C8=O. The summed E-state index contributed by atoms with van der Waals surface area (Å²) < 4.78 is 24.3. The lowest BCUT2D eigenvalue weighted by Gasteiger charge is -2.38. The monoisotopic (exact) mass is 1010 g/mol. The van der Waals surface area contributed by atoms with E-state index in [2.05, 4.69) is 0 Å². The maximum absolute atomic E-state index is 17.9. The largest absolute Gasteiger partial charge is 0.468 e. The molecule has 80 heavy (non-hydrogen) atoms. The number of Topliss-reactive ketones (excluding diaryl/α,β-unsaturated/α-hetero) is 1. The van der Waals surface area contributed by atoms with Crippen molar-refractivity contribution in [1.29, 1.82) is 0 Å². The fourth-order valence-electron chi connectivity index (χ4n) is 24.3. The van der Waals surface area contributed by atoms with Crippen molar-refractivity contribution < 1.29 is 42.9 Å². The molecule has 3 aliphatic carbocycles. The van der Waals surface area contributed by atoms with Gasteiger partial charge in [-0.1, -0.05) is 0 Å². The van der Waals surface area contributed by atoms with Crippen LogP contribution in [-0.4, -0.2) is 58.1 Å². The Morgan fingerprint density at radius 3 is 0.762 bits per heavy atom. The Labute approximate surface area is 433 Å². The van der Waals surface area contributed by atoms with E-state index in [1.165, 1.54) is 129 Å². The van der Waals surface area contributed by atoms with Crippen LogP contribution in [-0.2, 0) is 49.0 Å². The van der Waals surface area contributed by atoms with Crippen molar-refractivity contribution in [2.75, 3.05) is 28.4 Å². The molecular weight excluding hydrogens is 1000 g/mol. The van der Waals surface area contributed by atoms with Gasteiger partial charge in [-0.25, -0.2) is 9.59 Å². The molecule has 0 radical (unpaired) electrons. The standard InChI is InChI=1S/C70H12O10/c1-77-65(73)61-62(66(74)78-2)70(68(76)80-4)59-52-44-38-25-19-9-7-5-6-8-10(9)20(25)27-22-15(8)18-12(6)17-16-11(5)14-13(7)21-26(19)37-41-31(21)32-23(14)28-24(16)35-29(17)34-30(18)36-33(22)45(39(27)44)54(59)56(64(70)72)48(36)46(34)55-47(35)49-40(28)42(32)53-51(41)58(50(52)43(37)38)69(61,67(75)79-3)60(53)57(49)63(55)71/h1-4H3/b62-61-. The fraction of sp³-hybridized carbons (Fsp3) is 0.0857. The van der Waals surface area contributed by atoms with Crippen molar-refractivity contribution in [3.63, 3.8) is 0 Å². The van der Waals surface area contributed by atoms with E-state index in [1.54, 1.807) is 0 Å². The van der Waals surface area contributed by atoms with Gasteiger partial charge in [-0.15, -0.1) is 0 Å². The van der Waals surface area contributed by atoms with Crippen molar-refractivity contribution in [1.82, 2.24) is 0 Å². The summed E-state index contributed by atoms with van der Waals surface area (Å²) in [5, 5.41) is 53.0. The number of ether oxygens (including phenoxy) is 4. The molecule has 10 heteroatoms. The zero-order chi connectivity index (χ0) is 50.8. The normalized spacial score (nSPS) is 21.5. The van der Waals surface area contributed by atoms with Crippen molar-refractivity contribution >= 4 is 310 Å². The fourth-order valence-corrected chi connectivity index (χ4v) is 24.3. The number of rotatable bonds is 4. The molecule has 10 nitrogen and oxygen atoms in total. The summed E-state index contributed by atoms with van der Waals surface area (Å²) in [6, 6.07) is 0. The molecule has 0 heterocycles. The predicted molar refractivity (Wildman–Crippen MR) is 312 cm³/mol. The quantitative estimate of drug-likeness (QED) is 0.0724. The summed E-state index contributed by atoms with van der Waals surface area (Å²) in [7, 11) is 4.83. The average molecular weight is 1010 g/mol. The Morgan fingerprint density at radius 1 is 0.237 bits per heavy atom. The smallest absolute Gasteiger partial charge is 0.336 e. The molecule has 2 unspecified atom stereocenters. The van der Waals surface area contributed by atoms with Crippen LogP contribution in [0.2, 0.25) is 0 Å². The lowest BCUT2D eigenvalue weighted by molar-refractivity contribution is -0.150. The summed E-state index contributed by atoms with van der Waals surface area (Å²) in [5.41, 5.74) is -5.74. The average Bonchev–Trinajstić information content (AvgIpc) is 1.57. The van der Waals surface area contributed by atoms with Gasteiger partial charge in [-0.05, 0) is 178 Å². The maximum Gasteiger partial charge on any atom is 0.336 e. The van der Waals surface area contributed by atoms with E-state index in [0.717, 1.165) is 136 Å². The molecule has 0 bridgehead atoms. The second-order valence-corrected chi connectivity index (χ2v) is 25.9. The molecule has 27 aromatic carbocycles. The van der Waals surface area contributed by atoms with Crippen molar-refractivity contribution in [2.24, 2.45) is 0 Å². The zero-order valence-corrected chi connectivity index (χ0v) is 41.1. The van der Waals surface area contributed by atoms with E-state index in [-0.39, 0.29) is 27.5 Å². The predicted octanol–water partition coefficient (Wildman–Crippen LogP) is 13.9. The molecule has 0 saturated carbocycles. The number of methoxy groups -OCH3 is 4. The van der Waals surface area contributed by atoms with Gasteiger partial charge in [0.25, 0.3) is 0 Å². The molecular formula is C70H12O10. The van der Waals surface area contributed by atoms with Gasteiger partial charge < -0.3 is 18.9 Å².